The highest BCUT2D eigenvalue weighted by Gasteiger charge is 2.40. The van der Waals surface area contributed by atoms with E-state index in [9.17, 15) is 9.59 Å². The summed E-state index contributed by atoms with van der Waals surface area (Å²) in [7, 11) is 0. The second-order valence-corrected chi connectivity index (χ2v) is 7.48. The molecule has 1 aromatic heterocycles. The van der Waals surface area contributed by atoms with E-state index in [0.717, 1.165) is 56.4 Å². The third-order valence-electron chi connectivity index (χ3n) is 5.46. The van der Waals surface area contributed by atoms with Crippen LogP contribution >= 0.6 is 0 Å². The fourth-order valence-electron chi connectivity index (χ4n) is 4.21. The van der Waals surface area contributed by atoms with Crippen molar-refractivity contribution in [1.82, 2.24) is 15.4 Å². The van der Waals surface area contributed by atoms with Crippen molar-refractivity contribution in [2.75, 3.05) is 13.2 Å². The molecular weight excluding hydrogens is 334 g/mol. The van der Waals surface area contributed by atoms with E-state index in [0.29, 0.717) is 13.2 Å². The molecule has 3 rings (SSSR count). The van der Waals surface area contributed by atoms with Gasteiger partial charge in [-0.05, 0) is 39.5 Å². The maximum Gasteiger partial charge on any atom is 0.318 e. The molecular formula is C19H29N3O4. The number of aryl methyl sites for hydroxylation is 1. The maximum atomic E-state index is 13.0. The Balaban J connectivity index is 1.71. The molecule has 1 atom stereocenters. The summed E-state index contributed by atoms with van der Waals surface area (Å²) in [4.78, 5) is 27.0. The average molecular weight is 363 g/mol. The van der Waals surface area contributed by atoms with Crippen molar-refractivity contribution in [3.63, 3.8) is 0 Å². The van der Waals surface area contributed by atoms with Gasteiger partial charge in [0.1, 0.15) is 0 Å². The maximum absolute atomic E-state index is 13.0. The lowest BCUT2D eigenvalue weighted by molar-refractivity contribution is -0.145. The smallest absolute Gasteiger partial charge is 0.318 e. The minimum absolute atomic E-state index is 0.0839. The number of rotatable bonds is 5. The molecule has 1 aliphatic carbocycles. The van der Waals surface area contributed by atoms with Gasteiger partial charge in [0.25, 0.3) is 0 Å². The van der Waals surface area contributed by atoms with E-state index in [1.807, 2.05) is 17.9 Å². The van der Waals surface area contributed by atoms with Crippen LogP contribution in [0.25, 0.3) is 0 Å². The van der Waals surface area contributed by atoms with E-state index < -0.39 is 5.54 Å². The van der Waals surface area contributed by atoms with Gasteiger partial charge in [0, 0.05) is 12.6 Å². The van der Waals surface area contributed by atoms with E-state index in [1.54, 1.807) is 6.92 Å². The Kier molecular flexibility index (Phi) is 5.84. The zero-order valence-corrected chi connectivity index (χ0v) is 15.8. The molecule has 7 heteroatoms. The minimum atomic E-state index is -0.494. The lowest BCUT2D eigenvalue weighted by atomic mass is 9.79. The number of nitrogens with one attached hydrogen (secondary N) is 1. The zero-order chi connectivity index (χ0) is 18.6. The van der Waals surface area contributed by atoms with Gasteiger partial charge in [-0.2, -0.15) is 0 Å². The van der Waals surface area contributed by atoms with Gasteiger partial charge in [-0.1, -0.05) is 24.4 Å². The van der Waals surface area contributed by atoms with Gasteiger partial charge in [-0.3, -0.25) is 4.79 Å². The number of hydrogen-bond donors (Lipinski definition) is 1. The SMILES string of the molecule is CCOC(=O)CC1(NC(=O)N2CCC[C@@H]2c2cc(C)no2)CCCCC1. The fraction of sp³-hybridized carbons (Fsp3) is 0.737. The topological polar surface area (TPSA) is 84.7 Å². The molecule has 0 spiro atoms. The third-order valence-corrected chi connectivity index (χ3v) is 5.46. The minimum Gasteiger partial charge on any atom is -0.466 e. The van der Waals surface area contributed by atoms with Crippen LogP contribution in [0.4, 0.5) is 4.79 Å². The van der Waals surface area contributed by atoms with E-state index in [1.165, 1.54) is 0 Å². The number of urea groups is 1. The van der Waals surface area contributed by atoms with Gasteiger partial charge in [-0.25, -0.2) is 4.79 Å². The molecule has 0 radical (unpaired) electrons. The molecule has 2 heterocycles. The molecule has 0 unspecified atom stereocenters. The Morgan fingerprint density at radius 3 is 2.77 bits per heavy atom. The normalized spacial score (nSPS) is 22.2. The first-order chi connectivity index (χ1) is 12.5. The van der Waals surface area contributed by atoms with Gasteiger partial charge in [0.15, 0.2) is 5.76 Å². The lowest BCUT2D eigenvalue weighted by Crippen LogP contribution is -2.55. The highest BCUT2D eigenvalue weighted by atomic mass is 16.5. The molecule has 1 saturated heterocycles. The van der Waals surface area contributed by atoms with Crippen LogP contribution in [0.15, 0.2) is 10.6 Å². The van der Waals surface area contributed by atoms with Crippen LogP contribution in [0.3, 0.4) is 0 Å². The molecule has 2 aliphatic rings. The molecule has 0 bridgehead atoms. The van der Waals surface area contributed by atoms with Crippen molar-refractivity contribution in [1.29, 1.82) is 0 Å². The van der Waals surface area contributed by atoms with Crippen molar-refractivity contribution in [3.05, 3.63) is 17.5 Å². The van der Waals surface area contributed by atoms with Crippen LogP contribution in [0, 0.1) is 6.92 Å². The number of carbonyl (C=O) groups is 2. The molecule has 7 nitrogen and oxygen atoms in total. The summed E-state index contributed by atoms with van der Waals surface area (Å²) in [5, 5.41) is 7.14. The van der Waals surface area contributed by atoms with Gasteiger partial charge in [-0.15, -0.1) is 0 Å². The summed E-state index contributed by atoms with van der Waals surface area (Å²) in [5.41, 5.74) is 0.324. The van der Waals surface area contributed by atoms with Gasteiger partial charge in [0.05, 0.1) is 30.3 Å². The van der Waals surface area contributed by atoms with E-state index in [2.05, 4.69) is 10.5 Å². The van der Waals surface area contributed by atoms with Crippen LogP contribution in [0.5, 0.6) is 0 Å². The van der Waals surface area contributed by atoms with Crippen molar-refractivity contribution in [2.24, 2.45) is 0 Å². The quantitative estimate of drug-likeness (QED) is 0.810. The molecule has 1 N–H and O–H groups in total. The standard InChI is InChI=1S/C19H29N3O4/c1-3-25-17(23)13-19(9-5-4-6-10-19)20-18(24)22-11-7-8-15(22)16-12-14(2)21-26-16/h12,15H,3-11,13H2,1-2H3,(H,20,24)/t15-/m1/s1. The lowest BCUT2D eigenvalue weighted by Gasteiger charge is -2.39. The second kappa shape index (κ2) is 8.10. The van der Waals surface area contributed by atoms with Gasteiger partial charge >= 0.3 is 12.0 Å². The van der Waals surface area contributed by atoms with E-state index in [-0.39, 0.29) is 24.5 Å². The highest BCUT2D eigenvalue weighted by Crippen LogP contribution is 2.35. The summed E-state index contributed by atoms with van der Waals surface area (Å²) < 4.78 is 10.5. The Morgan fingerprint density at radius 1 is 1.35 bits per heavy atom. The van der Waals surface area contributed by atoms with Gasteiger partial charge in [0.2, 0.25) is 0 Å². The van der Waals surface area contributed by atoms with Crippen LogP contribution < -0.4 is 5.32 Å². The Hall–Kier alpha value is -2.05. The first-order valence-electron chi connectivity index (χ1n) is 9.70. The molecule has 2 amide bonds. The number of aromatic nitrogens is 1. The summed E-state index contributed by atoms with van der Waals surface area (Å²) in [6, 6.07) is 1.69. The first-order valence-corrected chi connectivity index (χ1v) is 9.70. The Bertz CT molecular complexity index is 636. The summed E-state index contributed by atoms with van der Waals surface area (Å²) in [6.45, 7) is 4.73. The van der Waals surface area contributed by atoms with Crippen molar-refractivity contribution < 1.29 is 18.8 Å². The average Bonchev–Trinajstić information content (AvgIpc) is 3.24. The molecule has 1 aliphatic heterocycles. The monoisotopic (exact) mass is 363 g/mol. The zero-order valence-electron chi connectivity index (χ0n) is 15.8. The number of amides is 2. The van der Waals surface area contributed by atoms with E-state index >= 15 is 0 Å². The Morgan fingerprint density at radius 2 is 2.12 bits per heavy atom. The largest absolute Gasteiger partial charge is 0.466 e. The second-order valence-electron chi connectivity index (χ2n) is 7.48. The predicted octanol–water partition coefficient (Wildman–Crippen LogP) is 3.49. The van der Waals surface area contributed by atoms with Crippen molar-refractivity contribution in [2.45, 2.75) is 76.8 Å². The number of esters is 1. The summed E-state index contributed by atoms with van der Waals surface area (Å²) >= 11 is 0. The first kappa shape index (κ1) is 18.7. The number of likely N-dealkylation sites (tertiary alicyclic amines) is 1. The van der Waals surface area contributed by atoms with Crippen LogP contribution in [-0.4, -0.2) is 40.7 Å². The Labute approximate surface area is 154 Å². The number of hydrogen-bond acceptors (Lipinski definition) is 5. The number of carbonyl (C=O) groups excluding carboxylic acids is 2. The van der Waals surface area contributed by atoms with Gasteiger partial charge < -0.3 is 19.5 Å². The molecule has 144 valence electrons. The van der Waals surface area contributed by atoms with Crippen LogP contribution in [0.1, 0.15) is 75.8 Å². The van der Waals surface area contributed by atoms with Crippen LogP contribution in [-0.2, 0) is 9.53 Å². The van der Waals surface area contributed by atoms with E-state index in [4.69, 9.17) is 9.26 Å². The number of nitrogens with zero attached hydrogens (tertiary/aromatic N) is 2. The molecule has 1 saturated carbocycles. The van der Waals surface area contributed by atoms with Crippen molar-refractivity contribution in [3.8, 4) is 0 Å². The fourth-order valence-corrected chi connectivity index (χ4v) is 4.21. The third kappa shape index (κ3) is 4.19. The predicted molar refractivity (Wildman–Crippen MR) is 95.5 cm³/mol. The molecule has 1 aromatic rings. The highest BCUT2D eigenvalue weighted by molar-refractivity contribution is 5.78. The van der Waals surface area contributed by atoms with Crippen LogP contribution in [0.2, 0.25) is 0 Å². The molecule has 2 fully saturated rings. The summed E-state index contributed by atoms with van der Waals surface area (Å²) in [6.07, 6.45) is 6.86. The summed E-state index contributed by atoms with van der Waals surface area (Å²) in [5.74, 6) is 0.497. The molecule has 0 aromatic carbocycles. The number of ether oxygens (including phenoxy) is 1. The molecule has 26 heavy (non-hydrogen) atoms. The van der Waals surface area contributed by atoms with Crippen molar-refractivity contribution >= 4 is 12.0 Å².